The first-order valence-corrected chi connectivity index (χ1v) is 6.05. The lowest BCUT2D eigenvalue weighted by Gasteiger charge is -2.35. The van der Waals surface area contributed by atoms with Gasteiger partial charge in [-0.1, -0.05) is 0 Å². The maximum atomic E-state index is 11.9. The van der Waals surface area contributed by atoms with Gasteiger partial charge in [0.2, 0.25) is 5.91 Å². The lowest BCUT2D eigenvalue weighted by atomic mass is 10.1. The molecule has 6 heteroatoms. The molecule has 1 aliphatic rings. The highest BCUT2D eigenvalue weighted by Crippen LogP contribution is 2.08. The Balaban J connectivity index is 2.55. The van der Waals surface area contributed by atoms with Crippen LogP contribution in [-0.4, -0.2) is 66.9 Å². The third-order valence-corrected chi connectivity index (χ3v) is 2.69. The first-order valence-electron chi connectivity index (χ1n) is 6.05. The quantitative estimate of drug-likeness (QED) is 0.550. The second kappa shape index (κ2) is 6.90. The molecule has 0 bridgehead atoms. The zero-order valence-corrected chi connectivity index (χ0v) is 10.6. The van der Waals surface area contributed by atoms with Crippen LogP contribution in [0.3, 0.4) is 0 Å². The van der Waals surface area contributed by atoms with Gasteiger partial charge in [-0.25, -0.2) is 0 Å². The van der Waals surface area contributed by atoms with Crippen LogP contribution in [-0.2, 0) is 9.53 Å². The van der Waals surface area contributed by atoms with Crippen LogP contribution in [0.4, 0.5) is 0 Å². The molecular weight excluding hydrogens is 222 g/mol. The molecular formula is C11H23N3O3. The number of ether oxygens (including phenoxy) is 1. The smallest absolute Gasteiger partial charge is 0.239 e. The van der Waals surface area contributed by atoms with Crippen LogP contribution in [0.25, 0.3) is 0 Å². The summed E-state index contributed by atoms with van der Waals surface area (Å²) in [5.41, 5.74) is 5.38. The molecule has 1 saturated heterocycles. The van der Waals surface area contributed by atoms with Crippen molar-refractivity contribution in [3.8, 4) is 0 Å². The molecule has 0 saturated carbocycles. The molecule has 6 nitrogen and oxygen atoms in total. The zero-order chi connectivity index (χ0) is 12.8. The van der Waals surface area contributed by atoms with Gasteiger partial charge in [-0.3, -0.25) is 9.69 Å². The maximum absolute atomic E-state index is 11.9. The lowest BCUT2D eigenvalue weighted by Crippen LogP contribution is -2.56. The molecule has 2 atom stereocenters. The van der Waals surface area contributed by atoms with Gasteiger partial charge in [0.05, 0.1) is 19.3 Å². The summed E-state index contributed by atoms with van der Waals surface area (Å²) in [5.74, 6) is -0.0519. The van der Waals surface area contributed by atoms with Crippen LogP contribution in [0.2, 0.25) is 0 Å². The number of morpholine rings is 1. The van der Waals surface area contributed by atoms with E-state index in [4.69, 9.17) is 10.5 Å². The zero-order valence-electron chi connectivity index (χ0n) is 10.6. The number of carbonyl (C=O) groups excluding carboxylic acids is 1. The molecule has 1 rings (SSSR count). The highest BCUT2D eigenvalue weighted by Gasteiger charge is 2.30. The van der Waals surface area contributed by atoms with Crippen molar-refractivity contribution in [2.45, 2.75) is 32.0 Å². The number of nitrogens with zero attached hydrogens (tertiary/aromatic N) is 1. The molecule has 1 aliphatic heterocycles. The molecule has 0 aromatic rings. The van der Waals surface area contributed by atoms with Gasteiger partial charge >= 0.3 is 0 Å². The Bertz CT molecular complexity index is 248. The first kappa shape index (κ1) is 14.4. The first-order chi connectivity index (χ1) is 8.04. The van der Waals surface area contributed by atoms with E-state index >= 15 is 0 Å². The van der Waals surface area contributed by atoms with E-state index in [2.05, 4.69) is 5.32 Å². The molecule has 0 radical (unpaired) electrons. The Kier molecular flexibility index (Phi) is 5.84. The number of aliphatic hydroxyl groups is 1. The number of β-amino-alcohol motifs (C(OH)–C–C–N with tert-alkyl or cyclic N) is 1. The molecule has 1 amide bonds. The van der Waals surface area contributed by atoms with E-state index in [1.165, 1.54) is 0 Å². The summed E-state index contributed by atoms with van der Waals surface area (Å²) in [5, 5.41) is 12.4. The van der Waals surface area contributed by atoms with Gasteiger partial charge in [0.1, 0.15) is 6.04 Å². The molecule has 100 valence electrons. The van der Waals surface area contributed by atoms with Crippen LogP contribution in [0.1, 0.15) is 13.8 Å². The molecule has 0 aromatic heterocycles. The number of rotatable bonds is 5. The van der Waals surface area contributed by atoms with Gasteiger partial charge in [0, 0.05) is 25.7 Å². The number of amides is 1. The summed E-state index contributed by atoms with van der Waals surface area (Å²) in [6, 6.07) is -0.224. The Hall–Kier alpha value is -0.690. The number of hydrogen-bond acceptors (Lipinski definition) is 5. The van der Waals surface area contributed by atoms with Crippen molar-refractivity contribution in [1.29, 1.82) is 0 Å². The standard InChI is InChI=1S/C11H23N3O3/c1-8(2)13-11(16)10-7-17-4-3-14(10)6-9(15)5-12/h8-10,15H,3-7,12H2,1-2H3,(H,13,16). The Morgan fingerprint density at radius 3 is 2.94 bits per heavy atom. The normalized spacial score (nSPS) is 23.7. The number of hydrogen-bond donors (Lipinski definition) is 3. The van der Waals surface area contributed by atoms with Gasteiger partial charge in [0.25, 0.3) is 0 Å². The fourth-order valence-corrected chi connectivity index (χ4v) is 1.82. The van der Waals surface area contributed by atoms with Gasteiger partial charge in [0.15, 0.2) is 0 Å². The SMILES string of the molecule is CC(C)NC(=O)C1COCCN1CC(O)CN. The van der Waals surface area contributed by atoms with Crippen molar-refractivity contribution in [2.75, 3.05) is 32.8 Å². The van der Waals surface area contributed by atoms with E-state index in [1.807, 2.05) is 18.7 Å². The molecule has 1 heterocycles. The third kappa shape index (κ3) is 4.59. The highest BCUT2D eigenvalue weighted by molar-refractivity contribution is 5.82. The predicted molar refractivity (Wildman–Crippen MR) is 64.5 cm³/mol. The highest BCUT2D eigenvalue weighted by atomic mass is 16.5. The van der Waals surface area contributed by atoms with Crippen LogP contribution in [0.15, 0.2) is 0 Å². The van der Waals surface area contributed by atoms with Gasteiger partial charge in [-0.05, 0) is 13.8 Å². The summed E-state index contributed by atoms with van der Waals surface area (Å²) in [4.78, 5) is 13.9. The summed E-state index contributed by atoms with van der Waals surface area (Å²) in [7, 11) is 0. The van der Waals surface area contributed by atoms with Gasteiger partial charge < -0.3 is 20.9 Å². The Morgan fingerprint density at radius 1 is 1.65 bits per heavy atom. The number of nitrogens with one attached hydrogen (secondary N) is 1. The topological polar surface area (TPSA) is 87.8 Å². The molecule has 0 aromatic carbocycles. The molecule has 4 N–H and O–H groups in total. The number of aliphatic hydroxyl groups excluding tert-OH is 1. The molecule has 0 aliphatic carbocycles. The van der Waals surface area contributed by atoms with Crippen LogP contribution < -0.4 is 11.1 Å². The monoisotopic (exact) mass is 245 g/mol. The molecule has 0 spiro atoms. The molecule has 17 heavy (non-hydrogen) atoms. The van der Waals surface area contributed by atoms with Crippen LogP contribution >= 0.6 is 0 Å². The second-order valence-electron chi connectivity index (χ2n) is 4.64. The van der Waals surface area contributed by atoms with E-state index in [1.54, 1.807) is 0 Å². The molecule has 2 unspecified atom stereocenters. The van der Waals surface area contributed by atoms with Crippen LogP contribution in [0.5, 0.6) is 0 Å². The fraction of sp³-hybridized carbons (Fsp3) is 0.909. The minimum Gasteiger partial charge on any atom is -0.390 e. The number of nitrogens with two attached hydrogens (primary N) is 1. The van der Waals surface area contributed by atoms with E-state index in [-0.39, 0.29) is 24.5 Å². The Labute approximate surface area is 102 Å². The predicted octanol–water partition coefficient (Wildman–Crippen LogP) is -1.47. The van der Waals surface area contributed by atoms with E-state index in [0.29, 0.717) is 26.3 Å². The minimum atomic E-state index is -0.595. The van der Waals surface area contributed by atoms with Gasteiger partial charge in [-0.15, -0.1) is 0 Å². The van der Waals surface area contributed by atoms with Crippen molar-refractivity contribution >= 4 is 5.91 Å². The van der Waals surface area contributed by atoms with Gasteiger partial charge in [-0.2, -0.15) is 0 Å². The van der Waals surface area contributed by atoms with Crippen molar-refractivity contribution < 1.29 is 14.6 Å². The largest absolute Gasteiger partial charge is 0.390 e. The summed E-state index contributed by atoms with van der Waals surface area (Å²) in [6.45, 7) is 6.05. The second-order valence-corrected chi connectivity index (χ2v) is 4.64. The maximum Gasteiger partial charge on any atom is 0.239 e. The molecule has 1 fully saturated rings. The van der Waals surface area contributed by atoms with Crippen molar-refractivity contribution in [3.63, 3.8) is 0 Å². The lowest BCUT2D eigenvalue weighted by molar-refractivity contribution is -0.134. The average molecular weight is 245 g/mol. The van der Waals surface area contributed by atoms with E-state index in [0.717, 1.165) is 0 Å². The van der Waals surface area contributed by atoms with Crippen molar-refractivity contribution in [1.82, 2.24) is 10.2 Å². The summed E-state index contributed by atoms with van der Waals surface area (Å²) >= 11 is 0. The fourth-order valence-electron chi connectivity index (χ4n) is 1.82. The minimum absolute atomic E-state index is 0.0519. The third-order valence-electron chi connectivity index (χ3n) is 2.69. The number of carbonyl (C=O) groups is 1. The summed E-state index contributed by atoms with van der Waals surface area (Å²) < 4.78 is 5.31. The van der Waals surface area contributed by atoms with E-state index < -0.39 is 6.10 Å². The summed E-state index contributed by atoms with van der Waals surface area (Å²) in [6.07, 6.45) is -0.595. The van der Waals surface area contributed by atoms with Crippen molar-refractivity contribution in [3.05, 3.63) is 0 Å². The average Bonchev–Trinajstić information content (AvgIpc) is 2.28. The van der Waals surface area contributed by atoms with Crippen molar-refractivity contribution in [2.24, 2.45) is 5.73 Å². The Morgan fingerprint density at radius 2 is 2.35 bits per heavy atom. The van der Waals surface area contributed by atoms with E-state index in [9.17, 15) is 9.90 Å². The van der Waals surface area contributed by atoms with Crippen LogP contribution in [0, 0.1) is 0 Å².